The SMILES string of the molecule is CCNC(=NCc1ccccc1F)NCCCN1CCCCCC1=O. The van der Waals surface area contributed by atoms with Gasteiger partial charge in [-0.15, -0.1) is 0 Å². The van der Waals surface area contributed by atoms with E-state index in [-0.39, 0.29) is 11.7 Å². The highest BCUT2D eigenvalue weighted by atomic mass is 19.1. The van der Waals surface area contributed by atoms with Crippen LogP contribution >= 0.6 is 0 Å². The molecule has 1 saturated heterocycles. The van der Waals surface area contributed by atoms with Gasteiger partial charge in [-0.05, 0) is 32.3 Å². The van der Waals surface area contributed by atoms with E-state index in [1.807, 2.05) is 17.9 Å². The number of guanidine groups is 1. The van der Waals surface area contributed by atoms with Crippen molar-refractivity contribution in [2.75, 3.05) is 26.2 Å². The second kappa shape index (κ2) is 10.7. The molecular formula is C19H29FN4O. The Morgan fingerprint density at radius 3 is 2.88 bits per heavy atom. The lowest BCUT2D eigenvalue weighted by molar-refractivity contribution is -0.130. The summed E-state index contributed by atoms with van der Waals surface area (Å²) in [6.45, 7) is 5.42. The highest BCUT2D eigenvalue weighted by molar-refractivity contribution is 5.79. The largest absolute Gasteiger partial charge is 0.357 e. The third-order valence-corrected chi connectivity index (χ3v) is 4.28. The van der Waals surface area contributed by atoms with Crippen molar-refractivity contribution in [3.63, 3.8) is 0 Å². The van der Waals surface area contributed by atoms with Crippen molar-refractivity contribution in [1.29, 1.82) is 0 Å². The first-order chi connectivity index (χ1) is 12.2. The number of benzene rings is 1. The predicted octanol–water partition coefficient (Wildman–Crippen LogP) is 2.67. The first kappa shape index (κ1) is 19.2. The zero-order chi connectivity index (χ0) is 17.9. The van der Waals surface area contributed by atoms with Crippen molar-refractivity contribution < 1.29 is 9.18 Å². The average molecular weight is 348 g/mol. The van der Waals surface area contributed by atoms with E-state index >= 15 is 0 Å². The van der Waals surface area contributed by atoms with Gasteiger partial charge in [-0.1, -0.05) is 24.6 Å². The van der Waals surface area contributed by atoms with Crippen LogP contribution in [0.25, 0.3) is 0 Å². The number of hydrogen-bond donors (Lipinski definition) is 2. The smallest absolute Gasteiger partial charge is 0.222 e. The van der Waals surface area contributed by atoms with Gasteiger partial charge in [-0.2, -0.15) is 0 Å². The van der Waals surface area contributed by atoms with Crippen LogP contribution in [0.15, 0.2) is 29.3 Å². The Labute approximate surface area is 149 Å². The summed E-state index contributed by atoms with van der Waals surface area (Å²) in [4.78, 5) is 18.4. The number of hydrogen-bond acceptors (Lipinski definition) is 2. The highest BCUT2D eigenvalue weighted by Crippen LogP contribution is 2.11. The summed E-state index contributed by atoms with van der Waals surface area (Å²) in [7, 11) is 0. The summed E-state index contributed by atoms with van der Waals surface area (Å²) >= 11 is 0. The minimum Gasteiger partial charge on any atom is -0.357 e. The molecule has 0 saturated carbocycles. The van der Waals surface area contributed by atoms with Crippen LogP contribution in [0.5, 0.6) is 0 Å². The molecule has 1 aromatic rings. The van der Waals surface area contributed by atoms with E-state index < -0.39 is 0 Å². The van der Waals surface area contributed by atoms with E-state index in [0.29, 0.717) is 24.5 Å². The van der Waals surface area contributed by atoms with Crippen molar-refractivity contribution in [3.05, 3.63) is 35.6 Å². The molecule has 2 N–H and O–H groups in total. The second-order valence-corrected chi connectivity index (χ2v) is 6.26. The van der Waals surface area contributed by atoms with Crippen LogP contribution in [0.2, 0.25) is 0 Å². The summed E-state index contributed by atoms with van der Waals surface area (Å²) in [6, 6.07) is 6.68. The summed E-state index contributed by atoms with van der Waals surface area (Å²) in [5.41, 5.74) is 0.579. The van der Waals surface area contributed by atoms with Crippen LogP contribution in [0.1, 0.15) is 44.6 Å². The molecule has 0 aliphatic carbocycles. The maximum Gasteiger partial charge on any atom is 0.222 e. The van der Waals surface area contributed by atoms with Gasteiger partial charge in [-0.3, -0.25) is 4.79 Å². The number of nitrogens with one attached hydrogen (secondary N) is 2. The topological polar surface area (TPSA) is 56.7 Å². The molecule has 25 heavy (non-hydrogen) atoms. The van der Waals surface area contributed by atoms with Gasteiger partial charge in [0.15, 0.2) is 5.96 Å². The molecule has 0 radical (unpaired) electrons. The molecule has 2 rings (SSSR count). The average Bonchev–Trinajstić information content (AvgIpc) is 2.82. The molecule has 1 aromatic carbocycles. The fourth-order valence-electron chi connectivity index (χ4n) is 2.88. The lowest BCUT2D eigenvalue weighted by Crippen LogP contribution is -2.39. The summed E-state index contributed by atoms with van der Waals surface area (Å²) in [5.74, 6) is 0.715. The first-order valence-corrected chi connectivity index (χ1v) is 9.24. The molecule has 138 valence electrons. The van der Waals surface area contributed by atoms with Crippen LogP contribution in [-0.2, 0) is 11.3 Å². The standard InChI is InChI=1S/C19H29FN4O/c1-2-21-19(23-15-16-9-5-6-10-17(16)20)22-12-8-14-24-13-7-3-4-11-18(24)25/h5-6,9-10H,2-4,7-8,11-15H2,1H3,(H2,21,22,23). The number of carbonyl (C=O) groups excluding carboxylic acids is 1. The van der Waals surface area contributed by atoms with Gasteiger partial charge < -0.3 is 15.5 Å². The highest BCUT2D eigenvalue weighted by Gasteiger charge is 2.15. The van der Waals surface area contributed by atoms with Crippen molar-refractivity contribution in [3.8, 4) is 0 Å². The van der Waals surface area contributed by atoms with Gasteiger partial charge in [-0.25, -0.2) is 9.38 Å². The molecule has 0 aromatic heterocycles. The minimum absolute atomic E-state index is 0.234. The van der Waals surface area contributed by atoms with Crippen molar-refractivity contribution in [2.24, 2.45) is 4.99 Å². The molecule has 5 nitrogen and oxygen atoms in total. The zero-order valence-electron chi connectivity index (χ0n) is 15.1. The lowest BCUT2D eigenvalue weighted by atomic mass is 10.2. The van der Waals surface area contributed by atoms with Crippen molar-refractivity contribution >= 4 is 11.9 Å². The van der Waals surface area contributed by atoms with Crippen molar-refractivity contribution in [2.45, 2.75) is 45.6 Å². The quantitative estimate of drug-likeness (QED) is 0.452. The van der Waals surface area contributed by atoms with Crippen LogP contribution in [-0.4, -0.2) is 42.9 Å². The fourth-order valence-corrected chi connectivity index (χ4v) is 2.88. The van der Waals surface area contributed by atoms with Gasteiger partial charge in [0, 0.05) is 38.2 Å². The molecule has 1 aliphatic heterocycles. The molecule has 1 heterocycles. The van der Waals surface area contributed by atoms with Crippen LogP contribution < -0.4 is 10.6 Å². The van der Waals surface area contributed by atoms with E-state index in [1.54, 1.807) is 12.1 Å². The summed E-state index contributed by atoms with van der Waals surface area (Å²) < 4.78 is 13.7. The Morgan fingerprint density at radius 1 is 1.24 bits per heavy atom. The zero-order valence-corrected chi connectivity index (χ0v) is 15.1. The number of likely N-dealkylation sites (tertiary alicyclic amines) is 1. The molecule has 1 aliphatic rings. The third-order valence-electron chi connectivity index (χ3n) is 4.28. The Morgan fingerprint density at radius 2 is 2.08 bits per heavy atom. The maximum atomic E-state index is 13.7. The molecule has 0 atom stereocenters. The second-order valence-electron chi connectivity index (χ2n) is 6.26. The number of nitrogens with zero attached hydrogens (tertiary/aromatic N) is 2. The van der Waals surface area contributed by atoms with Crippen LogP contribution in [0, 0.1) is 5.82 Å². The molecule has 6 heteroatoms. The number of carbonyl (C=O) groups is 1. The molecule has 0 bridgehead atoms. The van der Waals surface area contributed by atoms with E-state index in [9.17, 15) is 9.18 Å². The number of rotatable bonds is 7. The van der Waals surface area contributed by atoms with Gasteiger partial charge in [0.05, 0.1) is 6.54 Å². The molecule has 1 amide bonds. The summed E-state index contributed by atoms with van der Waals surface area (Å²) in [6.07, 6.45) is 4.82. The minimum atomic E-state index is -0.234. The lowest BCUT2D eigenvalue weighted by Gasteiger charge is -2.20. The Kier molecular flexibility index (Phi) is 8.22. The summed E-state index contributed by atoms with van der Waals surface area (Å²) in [5, 5.41) is 6.42. The van der Waals surface area contributed by atoms with E-state index in [1.165, 1.54) is 6.07 Å². The van der Waals surface area contributed by atoms with Gasteiger partial charge in [0.25, 0.3) is 0 Å². The van der Waals surface area contributed by atoms with Gasteiger partial charge >= 0.3 is 0 Å². The predicted molar refractivity (Wildman–Crippen MR) is 98.9 cm³/mol. The normalized spacial score (nSPS) is 15.8. The van der Waals surface area contributed by atoms with Crippen LogP contribution in [0.4, 0.5) is 4.39 Å². The number of aliphatic imine (C=N–C) groups is 1. The maximum absolute atomic E-state index is 13.7. The number of halogens is 1. The molecule has 0 unspecified atom stereocenters. The number of amides is 1. The van der Waals surface area contributed by atoms with Gasteiger partial charge in [0.1, 0.15) is 5.82 Å². The van der Waals surface area contributed by atoms with E-state index in [4.69, 9.17) is 0 Å². The fraction of sp³-hybridized carbons (Fsp3) is 0.579. The van der Waals surface area contributed by atoms with E-state index in [0.717, 1.165) is 51.9 Å². The molecule has 1 fully saturated rings. The van der Waals surface area contributed by atoms with Gasteiger partial charge in [0.2, 0.25) is 5.91 Å². The molecular weight excluding hydrogens is 319 g/mol. The monoisotopic (exact) mass is 348 g/mol. The molecule has 0 spiro atoms. The third kappa shape index (κ3) is 6.72. The Balaban J connectivity index is 1.78. The first-order valence-electron chi connectivity index (χ1n) is 9.24. The van der Waals surface area contributed by atoms with E-state index in [2.05, 4.69) is 15.6 Å². The Hall–Kier alpha value is -2.11. The van der Waals surface area contributed by atoms with Crippen molar-refractivity contribution in [1.82, 2.24) is 15.5 Å². The Bertz CT molecular complexity index is 576. The van der Waals surface area contributed by atoms with Crippen LogP contribution in [0.3, 0.4) is 0 Å².